The Balaban J connectivity index is 1.45. The quantitative estimate of drug-likeness (QED) is 0.426. The Morgan fingerprint density at radius 2 is 1.79 bits per heavy atom. The molecule has 7 heteroatoms. The third kappa shape index (κ3) is 5.10. The van der Waals surface area contributed by atoms with E-state index in [1.54, 1.807) is 11.0 Å². The summed E-state index contributed by atoms with van der Waals surface area (Å²) in [7, 11) is 0. The van der Waals surface area contributed by atoms with Gasteiger partial charge in [0.25, 0.3) is 0 Å². The topological polar surface area (TPSA) is 60.6 Å². The molecule has 148 valence electrons. The molecule has 0 saturated heterocycles. The zero-order chi connectivity index (χ0) is 19.9. The molecule has 2 heterocycles. The van der Waals surface area contributed by atoms with Crippen LogP contribution in [0.25, 0.3) is 11.3 Å². The normalized spacial score (nSPS) is 11.1. The average molecular weight is 407 g/mol. The van der Waals surface area contributed by atoms with E-state index in [4.69, 9.17) is 21.8 Å². The van der Waals surface area contributed by atoms with Gasteiger partial charge in [-0.05, 0) is 24.6 Å². The van der Waals surface area contributed by atoms with E-state index in [9.17, 15) is 0 Å². The molecule has 1 N–H and O–H groups in total. The summed E-state index contributed by atoms with van der Waals surface area (Å²) >= 11 is 6.31. The lowest BCUT2D eigenvalue weighted by Crippen LogP contribution is -2.17. The maximum Gasteiger partial charge on any atom is 0.117 e. The van der Waals surface area contributed by atoms with E-state index in [1.165, 1.54) is 0 Å². The van der Waals surface area contributed by atoms with E-state index in [0.717, 1.165) is 47.0 Å². The van der Waals surface area contributed by atoms with Gasteiger partial charge in [-0.2, -0.15) is 15.0 Å². The van der Waals surface area contributed by atoms with Gasteiger partial charge in [-0.3, -0.25) is 0 Å². The maximum atomic E-state index is 6.31. The molecular formula is C22H23ClN6. The Morgan fingerprint density at radius 1 is 0.966 bits per heavy atom. The number of rotatable bonds is 9. The summed E-state index contributed by atoms with van der Waals surface area (Å²) in [5.41, 5.74) is 3.90. The van der Waals surface area contributed by atoms with Crippen molar-refractivity contribution in [2.24, 2.45) is 0 Å². The first-order valence-corrected chi connectivity index (χ1v) is 10.1. The second kappa shape index (κ2) is 9.49. The third-order valence-electron chi connectivity index (χ3n) is 4.66. The molecule has 4 rings (SSSR count). The third-order valence-corrected chi connectivity index (χ3v) is 5.03. The minimum Gasteiger partial charge on any atom is -0.337 e. The Labute approximate surface area is 175 Å². The van der Waals surface area contributed by atoms with Crippen LogP contribution in [0.2, 0.25) is 5.02 Å². The molecule has 0 bridgehead atoms. The fourth-order valence-corrected chi connectivity index (χ4v) is 3.38. The van der Waals surface area contributed by atoms with Crippen LogP contribution in [0.3, 0.4) is 0 Å². The van der Waals surface area contributed by atoms with Crippen molar-refractivity contribution in [3.8, 4) is 11.3 Å². The van der Waals surface area contributed by atoms with Gasteiger partial charge in [0.1, 0.15) is 11.4 Å². The summed E-state index contributed by atoms with van der Waals surface area (Å²) in [4.78, 5) is 5.80. The summed E-state index contributed by atoms with van der Waals surface area (Å²) in [6.07, 6.45) is 6.64. The van der Waals surface area contributed by atoms with Crippen molar-refractivity contribution in [1.29, 1.82) is 0 Å². The van der Waals surface area contributed by atoms with Crippen molar-refractivity contribution in [3.05, 3.63) is 89.6 Å². The molecule has 0 aliphatic rings. The van der Waals surface area contributed by atoms with Crippen LogP contribution in [-0.4, -0.2) is 31.1 Å². The second-order valence-corrected chi connectivity index (χ2v) is 7.22. The predicted molar refractivity (Wildman–Crippen MR) is 115 cm³/mol. The molecule has 2 aromatic carbocycles. The SMILES string of the molecule is Clc1ccccc1Cn1nc(CNCCCn2ccnc2)c(-c2ccccc2)n1. The summed E-state index contributed by atoms with van der Waals surface area (Å²) in [6.45, 7) is 3.04. The summed E-state index contributed by atoms with van der Waals surface area (Å²) in [5, 5.41) is 13.7. The molecular weight excluding hydrogens is 384 g/mol. The summed E-state index contributed by atoms with van der Waals surface area (Å²) in [5.74, 6) is 0. The molecule has 0 unspecified atom stereocenters. The van der Waals surface area contributed by atoms with Gasteiger partial charge >= 0.3 is 0 Å². The van der Waals surface area contributed by atoms with Gasteiger partial charge in [0.2, 0.25) is 0 Å². The fraction of sp³-hybridized carbons (Fsp3) is 0.227. The standard InChI is InChI=1S/C22H23ClN6/c23-20-10-5-4-9-19(20)16-29-26-21(22(27-29)18-7-2-1-3-8-18)15-24-11-6-13-28-14-12-25-17-28/h1-5,7-10,12,14,17,24H,6,11,13,15-16H2. The van der Waals surface area contributed by atoms with Crippen LogP contribution in [0.15, 0.2) is 73.3 Å². The lowest BCUT2D eigenvalue weighted by Gasteiger charge is -2.05. The molecule has 29 heavy (non-hydrogen) atoms. The minimum absolute atomic E-state index is 0.542. The minimum atomic E-state index is 0.542. The number of nitrogens with one attached hydrogen (secondary N) is 1. The number of hydrogen-bond donors (Lipinski definition) is 1. The first-order valence-electron chi connectivity index (χ1n) is 9.69. The van der Waals surface area contributed by atoms with E-state index in [-0.39, 0.29) is 0 Å². The monoisotopic (exact) mass is 406 g/mol. The van der Waals surface area contributed by atoms with Crippen LogP contribution in [-0.2, 0) is 19.6 Å². The molecule has 0 amide bonds. The number of imidazole rings is 1. The predicted octanol–water partition coefficient (Wildman–Crippen LogP) is 4.02. The first kappa shape index (κ1) is 19.4. The number of benzene rings is 2. The average Bonchev–Trinajstić information content (AvgIpc) is 3.40. The van der Waals surface area contributed by atoms with Crippen molar-refractivity contribution >= 4 is 11.6 Å². The molecule has 6 nitrogen and oxygen atoms in total. The van der Waals surface area contributed by atoms with Gasteiger partial charge in [-0.1, -0.05) is 60.1 Å². The lowest BCUT2D eigenvalue weighted by molar-refractivity contribution is 0.559. The fourth-order valence-electron chi connectivity index (χ4n) is 3.18. The maximum absolute atomic E-state index is 6.31. The van der Waals surface area contributed by atoms with Gasteiger partial charge in [0.15, 0.2) is 0 Å². The highest BCUT2D eigenvalue weighted by molar-refractivity contribution is 6.31. The first-order chi connectivity index (χ1) is 14.3. The van der Waals surface area contributed by atoms with Crippen molar-refractivity contribution in [2.45, 2.75) is 26.1 Å². The molecule has 0 aliphatic heterocycles. The van der Waals surface area contributed by atoms with Crippen molar-refractivity contribution in [1.82, 2.24) is 29.9 Å². The Hall–Kier alpha value is -2.96. The van der Waals surface area contributed by atoms with E-state index >= 15 is 0 Å². The number of aromatic nitrogens is 5. The molecule has 0 saturated carbocycles. The van der Waals surface area contributed by atoms with E-state index in [1.807, 2.05) is 55.0 Å². The van der Waals surface area contributed by atoms with Crippen LogP contribution in [0.5, 0.6) is 0 Å². The highest BCUT2D eigenvalue weighted by Crippen LogP contribution is 2.21. The number of aryl methyl sites for hydroxylation is 1. The largest absolute Gasteiger partial charge is 0.337 e. The van der Waals surface area contributed by atoms with Crippen molar-refractivity contribution in [3.63, 3.8) is 0 Å². The smallest absolute Gasteiger partial charge is 0.117 e. The van der Waals surface area contributed by atoms with E-state index in [2.05, 4.69) is 27.0 Å². The summed E-state index contributed by atoms with van der Waals surface area (Å²) < 4.78 is 2.08. The zero-order valence-electron chi connectivity index (χ0n) is 16.1. The molecule has 0 spiro atoms. The Kier molecular flexibility index (Phi) is 6.34. The van der Waals surface area contributed by atoms with Gasteiger partial charge in [-0.25, -0.2) is 4.98 Å². The van der Waals surface area contributed by atoms with E-state index in [0.29, 0.717) is 13.1 Å². The molecule has 0 aliphatic carbocycles. The Bertz CT molecular complexity index is 1030. The highest BCUT2D eigenvalue weighted by Gasteiger charge is 2.13. The molecule has 2 aromatic heterocycles. The number of nitrogens with zero attached hydrogens (tertiary/aromatic N) is 5. The zero-order valence-corrected chi connectivity index (χ0v) is 16.8. The van der Waals surface area contributed by atoms with Gasteiger partial charge in [-0.15, -0.1) is 0 Å². The van der Waals surface area contributed by atoms with Crippen LogP contribution in [0.4, 0.5) is 0 Å². The number of hydrogen-bond acceptors (Lipinski definition) is 4. The molecule has 0 fully saturated rings. The van der Waals surface area contributed by atoms with Crippen LogP contribution < -0.4 is 5.32 Å². The van der Waals surface area contributed by atoms with Crippen molar-refractivity contribution in [2.75, 3.05) is 6.54 Å². The highest BCUT2D eigenvalue weighted by atomic mass is 35.5. The van der Waals surface area contributed by atoms with E-state index < -0.39 is 0 Å². The molecule has 0 radical (unpaired) electrons. The summed E-state index contributed by atoms with van der Waals surface area (Å²) in [6, 6.07) is 18.0. The molecule has 4 aromatic rings. The van der Waals surface area contributed by atoms with Crippen LogP contribution >= 0.6 is 11.6 Å². The van der Waals surface area contributed by atoms with Crippen molar-refractivity contribution < 1.29 is 0 Å². The Morgan fingerprint density at radius 3 is 2.59 bits per heavy atom. The van der Waals surface area contributed by atoms with Crippen LogP contribution in [0, 0.1) is 0 Å². The molecule has 0 atom stereocenters. The van der Waals surface area contributed by atoms with Crippen LogP contribution in [0.1, 0.15) is 17.7 Å². The van der Waals surface area contributed by atoms with Gasteiger partial charge in [0, 0.05) is 36.1 Å². The van der Waals surface area contributed by atoms with Gasteiger partial charge < -0.3 is 9.88 Å². The number of halogens is 1. The lowest BCUT2D eigenvalue weighted by atomic mass is 10.1. The van der Waals surface area contributed by atoms with Gasteiger partial charge in [0.05, 0.1) is 12.9 Å². The second-order valence-electron chi connectivity index (χ2n) is 6.81.